The number of hydrogen-bond acceptors (Lipinski definition) is 5. The van der Waals surface area contributed by atoms with Crippen molar-refractivity contribution in [1.82, 2.24) is 15.1 Å². The summed E-state index contributed by atoms with van der Waals surface area (Å²) in [5.41, 5.74) is 1.39. The molecule has 1 aromatic heterocycles. The Morgan fingerprint density at radius 3 is 2.60 bits per heavy atom. The minimum atomic E-state index is -3.10. The lowest BCUT2D eigenvalue weighted by Gasteiger charge is -2.39. The normalized spacial score (nSPS) is 23.3. The Hall–Kier alpha value is -2.56. The summed E-state index contributed by atoms with van der Waals surface area (Å²) in [6, 6.07) is 3.54. The summed E-state index contributed by atoms with van der Waals surface area (Å²) in [6.45, 7) is 0.752. The maximum absolute atomic E-state index is 14.8. The largest absolute Gasteiger partial charge is 0.435 e. The lowest BCUT2D eigenvalue weighted by atomic mass is 9.84. The van der Waals surface area contributed by atoms with Gasteiger partial charge in [-0.3, -0.25) is 9.48 Å². The van der Waals surface area contributed by atoms with Crippen molar-refractivity contribution in [2.75, 3.05) is 11.5 Å². The molecule has 2 fully saturated rings. The van der Waals surface area contributed by atoms with E-state index in [0.717, 1.165) is 36.2 Å². The second kappa shape index (κ2) is 8.53. The van der Waals surface area contributed by atoms with Gasteiger partial charge in [-0.05, 0) is 63.6 Å². The van der Waals surface area contributed by atoms with Crippen LogP contribution in [0, 0.1) is 17.7 Å². The molecule has 2 aliphatic carbocycles. The molecule has 1 saturated carbocycles. The highest BCUT2D eigenvalue weighted by atomic mass is 32.2. The van der Waals surface area contributed by atoms with E-state index >= 15 is 0 Å². The topological polar surface area (TPSA) is 90.3 Å². The van der Waals surface area contributed by atoms with Gasteiger partial charge in [-0.25, -0.2) is 12.8 Å². The third kappa shape index (κ3) is 4.79. The Morgan fingerprint density at radius 2 is 1.97 bits per heavy atom. The summed E-state index contributed by atoms with van der Waals surface area (Å²) in [4.78, 5) is 13.0. The number of amides is 1. The fourth-order valence-corrected chi connectivity index (χ4v) is 7.46. The minimum absolute atomic E-state index is 0.0529. The van der Waals surface area contributed by atoms with E-state index < -0.39 is 27.8 Å². The summed E-state index contributed by atoms with van der Waals surface area (Å²) in [5, 5.41) is 7.65. The third-order valence-electron chi connectivity index (χ3n) is 7.28. The van der Waals surface area contributed by atoms with Crippen LogP contribution in [0.15, 0.2) is 18.2 Å². The number of benzene rings is 1. The fourth-order valence-electron chi connectivity index (χ4n) is 5.45. The molecule has 1 amide bonds. The molecule has 0 spiro atoms. The van der Waals surface area contributed by atoms with Crippen LogP contribution in [0.4, 0.5) is 13.2 Å². The molecular formula is C24H28F3N3O4S. The molecule has 1 N–H and O–H groups in total. The summed E-state index contributed by atoms with van der Waals surface area (Å²) >= 11 is 0. The number of aromatic nitrogens is 2. The van der Waals surface area contributed by atoms with Gasteiger partial charge in [0.15, 0.2) is 9.84 Å². The smallest absolute Gasteiger partial charge is 0.387 e. The van der Waals surface area contributed by atoms with E-state index in [2.05, 4.69) is 10.1 Å². The molecule has 5 rings (SSSR count). The predicted molar refractivity (Wildman–Crippen MR) is 122 cm³/mol. The molecule has 0 radical (unpaired) electrons. The first-order valence-corrected chi connectivity index (χ1v) is 13.6. The lowest BCUT2D eigenvalue weighted by molar-refractivity contribution is -0.126. The number of hydrogen-bond donors (Lipinski definition) is 1. The van der Waals surface area contributed by atoms with Crippen LogP contribution in [0.1, 0.15) is 50.4 Å². The van der Waals surface area contributed by atoms with E-state index in [-0.39, 0.29) is 40.7 Å². The van der Waals surface area contributed by atoms with E-state index in [0.29, 0.717) is 30.9 Å². The first-order valence-electron chi connectivity index (χ1n) is 11.8. The molecule has 3 aliphatic rings. The number of carbonyl (C=O) groups excluding carboxylic acids is 1. The van der Waals surface area contributed by atoms with Gasteiger partial charge in [0.1, 0.15) is 11.6 Å². The van der Waals surface area contributed by atoms with Gasteiger partial charge in [0.05, 0.1) is 28.8 Å². The molecule has 190 valence electrons. The Kier molecular flexibility index (Phi) is 5.89. The van der Waals surface area contributed by atoms with Crippen LogP contribution in [0.2, 0.25) is 0 Å². The Bertz CT molecular complexity index is 1260. The first-order chi connectivity index (χ1) is 16.4. The second-order valence-corrected chi connectivity index (χ2v) is 12.4. The molecule has 2 aromatic rings. The van der Waals surface area contributed by atoms with Crippen molar-refractivity contribution in [3.8, 4) is 17.0 Å². The summed E-state index contributed by atoms with van der Waals surface area (Å²) in [7, 11) is -3.10. The van der Waals surface area contributed by atoms with Crippen molar-refractivity contribution >= 4 is 15.7 Å². The van der Waals surface area contributed by atoms with Crippen molar-refractivity contribution in [3.05, 3.63) is 35.3 Å². The van der Waals surface area contributed by atoms with Gasteiger partial charge in [0.2, 0.25) is 5.91 Å². The summed E-state index contributed by atoms with van der Waals surface area (Å²) < 4.78 is 69.9. The zero-order valence-electron chi connectivity index (χ0n) is 19.6. The van der Waals surface area contributed by atoms with E-state index in [1.54, 1.807) is 6.92 Å². The molecule has 1 aromatic carbocycles. The highest BCUT2D eigenvalue weighted by molar-refractivity contribution is 7.93. The van der Waals surface area contributed by atoms with Crippen LogP contribution in [-0.2, 0) is 27.5 Å². The van der Waals surface area contributed by atoms with Crippen molar-refractivity contribution in [1.29, 1.82) is 0 Å². The van der Waals surface area contributed by atoms with E-state index in [4.69, 9.17) is 5.10 Å². The van der Waals surface area contributed by atoms with Gasteiger partial charge in [-0.15, -0.1) is 0 Å². The van der Waals surface area contributed by atoms with Crippen LogP contribution in [0.25, 0.3) is 11.3 Å². The zero-order valence-corrected chi connectivity index (χ0v) is 20.4. The van der Waals surface area contributed by atoms with Crippen molar-refractivity contribution in [3.63, 3.8) is 0 Å². The molecule has 1 aliphatic heterocycles. The molecule has 7 nitrogen and oxygen atoms in total. The van der Waals surface area contributed by atoms with Gasteiger partial charge >= 0.3 is 6.61 Å². The highest BCUT2D eigenvalue weighted by Gasteiger charge is 2.47. The van der Waals surface area contributed by atoms with Gasteiger partial charge < -0.3 is 10.1 Å². The third-order valence-corrected chi connectivity index (χ3v) is 9.44. The van der Waals surface area contributed by atoms with Crippen LogP contribution in [0.5, 0.6) is 5.75 Å². The van der Waals surface area contributed by atoms with Gasteiger partial charge in [0.25, 0.3) is 0 Å². The molecule has 0 bridgehead atoms. The number of rotatable bonds is 7. The van der Waals surface area contributed by atoms with Crippen LogP contribution in [0.3, 0.4) is 0 Å². The molecular weight excluding hydrogens is 483 g/mol. The Morgan fingerprint density at radius 1 is 1.26 bits per heavy atom. The molecule has 2 atom stereocenters. The van der Waals surface area contributed by atoms with Gasteiger partial charge in [-0.2, -0.15) is 13.9 Å². The average molecular weight is 512 g/mol. The predicted octanol–water partition coefficient (Wildman–Crippen LogP) is 3.67. The molecule has 2 heterocycles. The summed E-state index contributed by atoms with van der Waals surface area (Å²) in [5.74, 6) is -0.986. The molecule has 11 heteroatoms. The van der Waals surface area contributed by atoms with Crippen LogP contribution < -0.4 is 10.1 Å². The van der Waals surface area contributed by atoms with Crippen molar-refractivity contribution in [2.24, 2.45) is 11.8 Å². The van der Waals surface area contributed by atoms with E-state index in [9.17, 15) is 26.4 Å². The molecule has 35 heavy (non-hydrogen) atoms. The number of halogens is 3. The van der Waals surface area contributed by atoms with Crippen molar-refractivity contribution < 1.29 is 31.1 Å². The standard InChI is InChI=1S/C24H28F3N3O4S/c1-13(14-3-4-14)30-20-9-15(22(31)28-24(2)11-35(32,33)12-24)5-7-17(20)21(29-30)18-10-16(34-23(26)27)6-8-19(18)25/h6,8,10,13-15,23H,3-5,7,9,11-12H2,1-2H3,(H,28,31)/t13?,15-/m1/s1. The average Bonchev–Trinajstić information content (AvgIpc) is 3.53. The zero-order chi connectivity index (χ0) is 25.1. The Labute approximate surface area is 201 Å². The quantitative estimate of drug-likeness (QED) is 0.613. The highest BCUT2D eigenvalue weighted by Crippen LogP contribution is 2.43. The Balaban J connectivity index is 1.46. The number of nitrogens with zero attached hydrogens (tertiary/aromatic N) is 2. The summed E-state index contributed by atoms with van der Waals surface area (Å²) in [6.07, 6.45) is 3.48. The number of sulfone groups is 1. The SMILES string of the molecule is CC(C1CC1)n1nc(-c2cc(OC(F)F)ccc2F)c2c1C[C@H](C(=O)NC1(C)CS(=O)(=O)C1)CC2. The monoisotopic (exact) mass is 511 g/mol. The van der Waals surface area contributed by atoms with E-state index in [1.807, 2.05) is 11.6 Å². The maximum Gasteiger partial charge on any atom is 0.387 e. The van der Waals surface area contributed by atoms with E-state index in [1.165, 1.54) is 6.07 Å². The number of fused-ring (bicyclic) bond motifs is 1. The van der Waals surface area contributed by atoms with Gasteiger partial charge in [0, 0.05) is 29.2 Å². The van der Waals surface area contributed by atoms with Crippen LogP contribution in [-0.4, -0.2) is 47.8 Å². The number of nitrogens with one attached hydrogen (secondary N) is 1. The van der Waals surface area contributed by atoms with Crippen LogP contribution >= 0.6 is 0 Å². The second-order valence-electron chi connectivity index (χ2n) is 10.3. The number of alkyl halides is 2. The molecule has 1 saturated heterocycles. The molecule has 1 unspecified atom stereocenters. The lowest BCUT2D eigenvalue weighted by Crippen LogP contribution is -2.64. The minimum Gasteiger partial charge on any atom is -0.435 e. The number of ether oxygens (including phenoxy) is 1. The fraction of sp³-hybridized carbons (Fsp3) is 0.583. The van der Waals surface area contributed by atoms with Gasteiger partial charge in [-0.1, -0.05) is 0 Å². The van der Waals surface area contributed by atoms with Crippen molar-refractivity contribution in [2.45, 2.75) is 64.1 Å². The number of carbonyl (C=O) groups is 1. The first kappa shape index (κ1) is 24.1. The maximum atomic E-state index is 14.8.